The number of carbonyl (C=O) groups is 1. The lowest BCUT2D eigenvalue weighted by atomic mass is 10.1. The van der Waals surface area contributed by atoms with Crippen molar-refractivity contribution in [2.75, 3.05) is 13.6 Å². The average Bonchev–Trinajstić information content (AvgIpc) is 2.81. The maximum absolute atomic E-state index is 13.6. The second-order valence-electron chi connectivity index (χ2n) is 5.47. The number of halogens is 1. The molecule has 1 aliphatic rings. The van der Waals surface area contributed by atoms with Crippen LogP contribution in [0.4, 0.5) is 4.39 Å². The second-order valence-corrected chi connectivity index (χ2v) is 5.47. The van der Waals surface area contributed by atoms with Gasteiger partial charge in [0, 0.05) is 13.1 Å². The Bertz CT molecular complexity index is 455. The fourth-order valence-electron chi connectivity index (χ4n) is 2.84. The normalized spacial score (nSPS) is 16.2. The molecular weight excluding hydrogens is 245 g/mol. The first-order chi connectivity index (χ1) is 9.06. The van der Waals surface area contributed by atoms with E-state index < -0.39 is 11.8 Å². The van der Waals surface area contributed by atoms with Crippen molar-refractivity contribution in [3.8, 4) is 0 Å². The van der Waals surface area contributed by atoms with Crippen molar-refractivity contribution < 1.29 is 14.3 Å². The minimum atomic E-state index is -1.22. The topological polar surface area (TPSA) is 40.5 Å². The summed E-state index contributed by atoms with van der Waals surface area (Å²) in [6.07, 6.45) is 5.22. The zero-order valence-corrected chi connectivity index (χ0v) is 11.2. The lowest BCUT2D eigenvalue weighted by Gasteiger charge is -2.20. The van der Waals surface area contributed by atoms with Crippen molar-refractivity contribution in [1.29, 1.82) is 0 Å². The summed E-state index contributed by atoms with van der Waals surface area (Å²) in [4.78, 5) is 12.9. The Labute approximate surface area is 113 Å². The molecule has 1 aromatic rings. The standard InChI is InChI=1S/C15H20FNO2/c1-17(9-11-4-2-3-5-11)10-12-6-7-13(15(18)19)14(16)8-12/h6-8,11H,2-5,9-10H2,1H3,(H,18,19). The molecule has 1 aliphatic carbocycles. The van der Waals surface area contributed by atoms with Gasteiger partial charge >= 0.3 is 5.97 Å². The Balaban J connectivity index is 1.94. The molecular formula is C15H20FNO2. The van der Waals surface area contributed by atoms with Crippen molar-refractivity contribution in [2.45, 2.75) is 32.2 Å². The molecule has 1 aromatic carbocycles. The summed E-state index contributed by atoms with van der Waals surface area (Å²) in [7, 11) is 2.03. The number of carboxylic acid groups (broad SMARTS) is 1. The van der Waals surface area contributed by atoms with Crippen LogP contribution in [-0.2, 0) is 6.54 Å². The predicted octanol–water partition coefficient (Wildman–Crippen LogP) is 3.15. The summed E-state index contributed by atoms with van der Waals surface area (Å²) >= 11 is 0. The molecule has 0 aliphatic heterocycles. The van der Waals surface area contributed by atoms with Gasteiger partial charge in [0.25, 0.3) is 0 Å². The van der Waals surface area contributed by atoms with Crippen molar-refractivity contribution in [3.05, 3.63) is 35.1 Å². The molecule has 0 heterocycles. The summed E-state index contributed by atoms with van der Waals surface area (Å²) < 4.78 is 13.6. The molecule has 4 heteroatoms. The highest BCUT2D eigenvalue weighted by molar-refractivity contribution is 5.87. The van der Waals surface area contributed by atoms with E-state index in [1.54, 1.807) is 6.07 Å². The molecule has 0 bridgehead atoms. The number of benzene rings is 1. The molecule has 0 amide bonds. The molecule has 1 saturated carbocycles. The van der Waals surface area contributed by atoms with Crippen LogP contribution in [0, 0.1) is 11.7 Å². The lowest BCUT2D eigenvalue weighted by Crippen LogP contribution is -2.24. The number of rotatable bonds is 5. The van der Waals surface area contributed by atoms with Crippen LogP contribution in [-0.4, -0.2) is 29.6 Å². The molecule has 0 aromatic heterocycles. The van der Waals surface area contributed by atoms with Crippen molar-refractivity contribution >= 4 is 5.97 Å². The lowest BCUT2D eigenvalue weighted by molar-refractivity contribution is 0.0692. The monoisotopic (exact) mass is 265 g/mol. The van der Waals surface area contributed by atoms with E-state index in [-0.39, 0.29) is 5.56 Å². The van der Waals surface area contributed by atoms with Gasteiger partial charge in [-0.1, -0.05) is 18.9 Å². The van der Waals surface area contributed by atoms with Crippen LogP contribution in [0.1, 0.15) is 41.6 Å². The molecule has 0 radical (unpaired) electrons. The third-order valence-electron chi connectivity index (χ3n) is 3.76. The number of hydrogen-bond donors (Lipinski definition) is 1. The predicted molar refractivity (Wildman–Crippen MR) is 71.7 cm³/mol. The fraction of sp³-hybridized carbons (Fsp3) is 0.533. The van der Waals surface area contributed by atoms with Crippen LogP contribution in [0.15, 0.2) is 18.2 Å². The summed E-state index contributed by atoms with van der Waals surface area (Å²) in [5.74, 6) is -1.12. The number of carboxylic acids is 1. The highest BCUT2D eigenvalue weighted by Gasteiger charge is 2.17. The summed E-state index contributed by atoms with van der Waals surface area (Å²) in [6, 6.07) is 4.36. The number of nitrogens with zero attached hydrogens (tertiary/aromatic N) is 1. The van der Waals surface area contributed by atoms with Crippen LogP contribution >= 0.6 is 0 Å². The fourth-order valence-corrected chi connectivity index (χ4v) is 2.84. The molecule has 19 heavy (non-hydrogen) atoms. The van der Waals surface area contributed by atoms with Gasteiger partial charge in [-0.3, -0.25) is 0 Å². The third-order valence-corrected chi connectivity index (χ3v) is 3.76. The van der Waals surface area contributed by atoms with Gasteiger partial charge in [-0.15, -0.1) is 0 Å². The molecule has 0 atom stereocenters. The summed E-state index contributed by atoms with van der Waals surface area (Å²) in [5, 5.41) is 8.78. The Kier molecular flexibility index (Phi) is 4.53. The largest absolute Gasteiger partial charge is 0.478 e. The average molecular weight is 265 g/mol. The molecule has 2 rings (SSSR count). The number of hydrogen-bond acceptors (Lipinski definition) is 2. The maximum Gasteiger partial charge on any atom is 0.338 e. The highest BCUT2D eigenvalue weighted by atomic mass is 19.1. The first-order valence-electron chi connectivity index (χ1n) is 6.76. The molecule has 0 saturated heterocycles. The quantitative estimate of drug-likeness (QED) is 0.889. The van der Waals surface area contributed by atoms with Gasteiger partial charge in [0.2, 0.25) is 0 Å². The highest BCUT2D eigenvalue weighted by Crippen LogP contribution is 2.25. The molecule has 1 N–H and O–H groups in total. The Morgan fingerprint density at radius 1 is 1.42 bits per heavy atom. The summed E-state index contributed by atoms with van der Waals surface area (Å²) in [5.41, 5.74) is 0.560. The van der Waals surface area contributed by atoms with Gasteiger partial charge in [0.15, 0.2) is 0 Å². The molecule has 0 unspecified atom stereocenters. The van der Waals surface area contributed by atoms with Crippen molar-refractivity contribution in [1.82, 2.24) is 4.90 Å². The third kappa shape index (κ3) is 3.77. The zero-order chi connectivity index (χ0) is 13.8. The molecule has 3 nitrogen and oxygen atoms in total. The Morgan fingerprint density at radius 2 is 2.11 bits per heavy atom. The van der Waals surface area contributed by atoms with Gasteiger partial charge < -0.3 is 10.0 Å². The van der Waals surface area contributed by atoms with Gasteiger partial charge in [-0.05, 0) is 43.5 Å². The van der Waals surface area contributed by atoms with Gasteiger partial charge in [-0.2, -0.15) is 0 Å². The second kappa shape index (κ2) is 6.15. The van der Waals surface area contributed by atoms with E-state index in [0.29, 0.717) is 6.54 Å². The van der Waals surface area contributed by atoms with Crippen LogP contribution in [0.25, 0.3) is 0 Å². The Morgan fingerprint density at radius 3 is 2.68 bits per heavy atom. The van der Waals surface area contributed by atoms with Crippen LogP contribution in [0.3, 0.4) is 0 Å². The van der Waals surface area contributed by atoms with Crippen molar-refractivity contribution in [3.63, 3.8) is 0 Å². The van der Waals surface area contributed by atoms with Gasteiger partial charge in [-0.25, -0.2) is 9.18 Å². The smallest absolute Gasteiger partial charge is 0.338 e. The molecule has 0 spiro atoms. The maximum atomic E-state index is 13.6. The first-order valence-corrected chi connectivity index (χ1v) is 6.76. The molecule has 104 valence electrons. The van der Waals surface area contributed by atoms with E-state index in [4.69, 9.17) is 5.11 Å². The SMILES string of the molecule is CN(Cc1ccc(C(=O)O)c(F)c1)CC1CCCC1. The Hall–Kier alpha value is -1.42. The summed E-state index contributed by atoms with van der Waals surface area (Å²) in [6.45, 7) is 1.69. The first kappa shape index (κ1) is 14.0. The van der Waals surface area contributed by atoms with Crippen LogP contribution in [0.2, 0.25) is 0 Å². The van der Waals surface area contributed by atoms with E-state index in [2.05, 4.69) is 4.90 Å². The molecule has 1 fully saturated rings. The van der Waals surface area contributed by atoms with Crippen LogP contribution < -0.4 is 0 Å². The number of aromatic carboxylic acids is 1. The van der Waals surface area contributed by atoms with E-state index in [1.165, 1.54) is 37.8 Å². The van der Waals surface area contributed by atoms with E-state index in [1.807, 2.05) is 7.05 Å². The minimum absolute atomic E-state index is 0.262. The van der Waals surface area contributed by atoms with Gasteiger partial charge in [0.05, 0.1) is 5.56 Å². The van der Waals surface area contributed by atoms with E-state index in [9.17, 15) is 9.18 Å². The minimum Gasteiger partial charge on any atom is -0.478 e. The van der Waals surface area contributed by atoms with Gasteiger partial charge in [0.1, 0.15) is 5.82 Å². The van der Waals surface area contributed by atoms with E-state index in [0.717, 1.165) is 18.0 Å². The van der Waals surface area contributed by atoms with Crippen LogP contribution in [0.5, 0.6) is 0 Å². The van der Waals surface area contributed by atoms with E-state index >= 15 is 0 Å². The van der Waals surface area contributed by atoms with Crippen molar-refractivity contribution in [2.24, 2.45) is 5.92 Å². The zero-order valence-electron chi connectivity index (χ0n) is 11.2.